The third-order valence-corrected chi connectivity index (χ3v) is 5.27. The van der Waals surface area contributed by atoms with Crippen LogP contribution in [0.25, 0.3) is 10.2 Å². The van der Waals surface area contributed by atoms with E-state index in [-0.39, 0.29) is 5.69 Å². The van der Waals surface area contributed by atoms with Gasteiger partial charge in [0.05, 0.1) is 10.3 Å². The Balaban J connectivity index is 1.78. The number of rotatable bonds is 3. The zero-order valence-corrected chi connectivity index (χ0v) is 13.1. The van der Waals surface area contributed by atoms with Crippen LogP contribution >= 0.6 is 11.3 Å². The SMILES string of the molecule is O=[N+]([O-])c1cccc(Nc2ncnc3sc4c(c23)CCCC4)c1. The number of aryl methyl sites for hydroxylation is 2. The van der Waals surface area contributed by atoms with Crippen molar-refractivity contribution in [3.63, 3.8) is 0 Å². The summed E-state index contributed by atoms with van der Waals surface area (Å²) in [6.07, 6.45) is 6.10. The molecule has 23 heavy (non-hydrogen) atoms. The van der Waals surface area contributed by atoms with E-state index in [2.05, 4.69) is 15.3 Å². The first-order valence-electron chi connectivity index (χ1n) is 7.49. The molecule has 0 radical (unpaired) electrons. The van der Waals surface area contributed by atoms with Crippen molar-refractivity contribution in [2.24, 2.45) is 0 Å². The van der Waals surface area contributed by atoms with E-state index < -0.39 is 4.92 Å². The van der Waals surface area contributed by atoms with Gasteiger partial charge in [-0.15, -0.1) is 11.3 Å². The molecule has 0 atom stereocenters. The summed E-state index contributed by atoms with van der Waals surface area (Å²) >= 11 is 1.73. The van der Waals surface area contributed by atoms with Crippen LogP contribution in [0.5, 0.6) is 0 Å². The molecule has 7 heteroatoms. The molecule has 0 amide bonds. The molecule has 116 valence electrons. The van der Waals surface area contributed by atoms with Crippen LogP contribution in [0.1, 0.15) is 23.3 Å². The lowest BCUT2D eigenvalue weighted by Crippen LogP contribution is -2.01. The van der Waals surface area contributed by atoms with Crippen molar-refractivity contribution in [1.29, 1.82) is 0 Å². The zero-order valence-electron chi connectivity index (χ0n) is 12.3. The number of nitrogens with one attached hydrogen (secondary N) is 1. The van der Waals surface area contributed by atoms with Crippen molar-refractivity contribution in [1.82, 2.24) is 9.97 Å². The average Bonchev–Trinajstić information content (AvgIpc) is 2.94. The maximum absolute atomic E-state index is 10.9. The molecule has 4 rings (SSSR count). The van der Waals surface area contributed by atoms with Gasteiger partial charge < -0.3 is 5.32 Å². The lowest BCUT2D eigenvalue weighted by molar-refractivity contribution is -0.384. The van der Waals surface area contributed by atoms with Gasteiger partial charge in [0.2, 0.25) is 0 Å². The molecule has 1 aromatic carbocycles. The van der Waals surface area contributed by atoms with Gasteiger partial charge in [-0.2, -0.15) is 0 Å². The van der Waals surface area contributed by atoms with Crippen molar-refractivity contribution in [3.8, 4) is 0 Å². The molecule has 3 aromatic rings. The Morgan fingerprint density at radius 2 is 2.09 bits per heavy atom. The molecule has 0 unspecified atom stereocenters. The molecule has 2 heterocycles. The molecule has 0 aliphatic heterocycles. The molecule has 0 saturated carbocycles. The van der Waals surface area contributed by atoms with E-state index in [1.165, 1.54) is 35.4 Å². The number of nitro benzene ring substituents is 1. The predicted molar refractivity (Wildman–Crippen MR) is 90.4 cm³/mol. The van der Waals surface area contributed by atoms with Gasteiger partial charge in [0.15, 0.2) is 0 Å². The average molecular weight is 326 g/mol. The highest BCUT2D eigenvalue weighted by atomic mass is 32.1. The van der Waals surface area contributed by atoms with E-state index in [1.54, 1.807) is 29.8 Å². The van der Waals surface area contributed by atoms with Gasteiger partial charge in [0, 0.05) is 22.7 Å². The molecular weight excluding hydrogens is 312 g/mol. The van der Waals surface area contributed by atoms with Crippen LogP contribution in [0.3, 0.4) is 0 Å². The van der Waals surface area contributed by atoms with E-state index in [9.17, 15) is 10.1 Å². The first-order valence-corrected chi connectivity index (χ1v) is 8.31. The highest BCUT2D eigenvalue weighted by Crippen LogP contribution is 2.38. The zero-order chi connectivity index (χ0) is 15.8. The number of anilines is 2. The number of hydrogen-bond donors (Lipinski definition) is 1. The molecule has 1 aliphatic carbocycles. The highest BCUT2D eigenvalue weighted by Gasteiger charge is 2.20. The Morgan fingerprint density at radius 1 is 1.22 bits per heavy atom. The number of fused-ring (bicyclic) bond motifs is 3. The number of non-ortho nitro benzene ring substituents is 1. The number of nitrogens with zero attached hydrogens (tertiary/aromatic N) is 3. The molecule has 0 fully saturated rings. The van der Waals surface area contributed by atoms with E-state index in [0.717, 1.165) is 28.9 Å². The first-order chi connectivity index (χ1) is 11.2. The van der Waals surface area contributed by atoms with Crippen LogP contribution in [0, 0.1) is 10.1 Å². The Labute approximate surface area is 136 Å². The van der Waals surface area contributed by atoms with Crippen molar-refractivity contribution in [2.75, 3.05) is 5.32 Å². The van der Waals surface area contributed by atoms with E-state index in [0.29, 0.717) is 5.69 Å². The van der Waals surface area contributed by atoms with Gasteiger partial charge in [-0.3, -0.25) is 10.1 Å². The molecule has 0 bridgehead atoms. The van der Waals surface area contributed by atoms with Crippen LogP contribution in [-0.4, -0.2) is 14.9 Å². The number of hydrogen-bond acceptors (Lipinski definition) is 6. The lowest BCUT2D eigenvalue weighted by atomic mass is 9.97. The van der Waals surface area contributed by atoms with Crippen molar-refractivity contribution >= 4 is 38.7 Å². The number of thiophene rings is 1. The smallest absolute Gasteiger partial charge is 0.271 e. The minimum Gasteiger partial charge on any atom is -0.339 e. The summed E-state index contributed by atoms with van der Waals surface area (Å²) in [4.78, 5) is 21.7. The van der Waals surface area contributed by atoms with Gasteiger partial charge in [-0.05, 0) is 37.3 Å². The van der Waals surface area contributed by atoms with Crippen LogP contribution in [0.15, 0.2) is 30.6 Å². The summed E-state index contributed by atoms with van der Waals surface area (Å²) in [7, 11) is 0. The van der Waals surface area contributed by atoms with Gasteiger partial charge in [-0.25, -0.2) is 9.97 Å². The molecular formula is C16H14N4O2S. The topological polar surface area (TPSA) is 81.0 Å². The molecule has 2 aromatic heterocycles. The van der Waals surface area contributed by atoms with Crippen LogP contribution < -0.4 is 5.32 Å². The Kier molecular flexibility index (Phi) is 3.42. The second kappa shape index (κ2) is 5.58. The maximum atomic E-state index is 10.9. The Bertz CT molecular complexity index is 906. The van der Waals surface area contributed by atoms with Crippen LogP contribution in [-0.2, 0) is 12.8 Å². The van der Waals surface area contributed by atoms with E-state index in [1.807, 2.05) is 0 Å². The fourth-order valence-electron chi connectivity index (χ4n) is 3.02. The number of aromatic nitrogens is 2. The van der Waals surface area contributed by atoms with Gasteiger partial charge >= 0.3 is 0 Å². The fraction of sp³-hybridized carbons (Fsp3) is 0.250. The molecule has 6 nitrogen and oxygen atoms in total. The summed E-state index contributed by atoms with van der Waals surface area (Å²) in [6, 6.07) is 6.47. The van der Waals surface area contributed by atoms with Gasteiger partial charge in [0.1, 0.15) is 17.0 Å². The van der Waals surface area contributed by atoms with Crippen LogP contribution in [0.4, 0.5) is 17.2 Å². The fourth-order valence-corrected chi connectivity index (χ4v) is 4.25. The van der Waals surface area contributed by atoms with Crippen LogP contribution in [0.2, 0.25) is 0 Å². The van der Waals surface area contributed by atoms with Gasteiger partial charge in [-0.1, -0.05) is 6.07 Å². The summed E-state index contributed by atoms with van der Waals surface area (Å²) in [5.41, 5.74) is 2.06. The maximum Gasteiger partial charge on any atom is 0.271 e. The second-order valence-corrected chi connectivity index (χ2v) is 6.63. The van der Waals surface area contributed by atoms with Crippen molar-refractivity contribution in [3.05, 3.63) is 51.1 Å². The Hall–Kier alpha value is -2.54. The van der Waals surface area contributed by atoms with Crippen molar-refractivity contribution in [2.45, 2.75) is 25.7 Å². The number of benzene rings is 1. The number of nitro groups is 1. The Morgan fingerprint density at radius 3 is 2.96 bits per heavy atom. The molecule has 0 saturated heterocycles. The predicted octanol–water partition coefficient (Wildman–Crippen LogP) is 4.22. The van der Waals surface area contributed by atoms with E-state index in [4.69, 9.17) is 0 Å². The normalized spacial score (nSPS) is 13.7. The largest absolute Gasteiger partial charge is 0.339 e. The lowest BCUT2D eigenvalue weighted by Gasteiger charge is -2.12. The third kappa shape index (κ3) is 2.53. The quantitative estimate of drug-likeness (QED) is 0.575. The summed E-state index contributed by atoms with van der Waals surface area (Å²) in [6.45, 7) is 0. The molecule has 0 spiro atoms. The van der Waals surface area contributed by atoms with Crippen molar-refractivity contribution < 1.29 is 4.92 Å². The summed E-state index contributed by atoms with van der Waals surface area (Å²) < 4.78 is 0. The van der Waals surface area contributed by atoms with Gasteiger partial charge in [0.25, 0.3) is 5.69 Å². The third-order valence-electron chi connectivity index (χ3n) is 4.07. The second-order valence-electron chi connectivity index (χ2n) is 5.55. The minimum absolute atomic E-state index is 0.0626. The molecule has 1 aliphatic rings. The summed E-state index contributed by atoms with van der Waals surface area (Å²) in [5, 5.41) is 15.2. The monoisotopic (exact) mass is 326 g/mol. The first kappa shape index (κ1) is 14.1. The highest BCUT2D eigenvalue weighted by molar-refractivity contribution is 7.19. The standard InChI is InChI=1S/C16H14N4O2S/c21-20(22)11-5-3-4-10(8-11)19-15-14-12-6-1-2-7-13(12)23-16(14)18-9-17-15/h3-5,8-9H,1-2,6-7H2,(H,17,18,19). The summed E-state index contributed by atoms with van der Waals surface area (Å²) in [5.74, 6) is 0.731. The minimum atomic E-state index is -0.396. The van der Waals surface area contributed by atoms with E-state index >= 15 is 0 Å². The molecule has 1 N–H and O–H groups in total.